The van der Waals surface area contributed by atoms with Crippen LogP contribution in [-0.2, 0) is 4.79 Å². The zero-order valence-corrected chi connectivity index (χ0v) is 16.5. The minimum Gasteiger partial charge on any atom is -0.394 e. The summed E-state index contributed by atoms with van der Waals surface area (Å²) in [7, 11) is 0. The molecule has 0 aliphatic rings. The molecule has 133 valence electrons. The third kappa shape index (κ3) is 11.6. The van der Waals surface area contributed by atoms with Crippen LogP contribution in [-0.4, -0.2) is 91.9 Å². The molecule has 6 nitrogen and oxygen atoms in total. The molecule has 23 heavy (non-hydrogen) atoms. The molecule has 1 radical (unpaired) electrons. The zero-order valence-electron chi connectivity index (χ0n) is 14.5. The van der Waals surface area contributed by atoms with Crippen molar-refractivity contribution >= 4 is 35.3 Å². The Morgan fingerprint density at radius 2 is 1.30 bits per heavy atom. The number of aliphatic hydroxyl groups is 5. The van der Waals surface area contributed by atoms with Crippen LogP contribution < -0.4 is 0 Å². The zero-order chi connectivity index (χ0) is 17.0. The van der Waals surface area contributed by atoms with Gasteiger partial charge in [-0.3, -0.25) is 4.79 Å². The van der Waals surface area contributed by atoms with Gasteiger partial charge in [-0.2, -0.15) is 0 Å². The smallest absolute Gasteiger partial charge is 0.164 e. The molecule has 0 aliphatic carbocycles. The van der Waals surface area contributed by atoms with Crippen LogP contribution in [0.2, 0.25) is 0 Å². The maximum atomic E-state index is 11.7. The monoisotopic (exact) mass is 343 g/mol. The first-order valence-electron chi connectivity index (χ1n) is 8.31. The molecule has 0 aromatic heterocycles. The first kappa shape index (κ1) is 25.7. The SMILES string of the molecule is CCCCCCCCCCC(=O)[C@H](O)[C@@H](O)[C@H](O)[C@H](O)CO.[Na]. The van der Waals surface area contributed by atoms with Crippen molar-refractivity contribution in [2.75, 3.05) is 6.61 Å². The topological polar surface area (TPSA) is 118 Å². The van der Waals surface area contributed by atoms with Gasteiger partial charge < -0.3 is 25.5 Å². The van der Waals surface area contributed by atoms with E-state index in [1.807, 2.05) is 0 Å². The molecule has 0 amide bonds. The standard InChI is InChI=1S/C16H32O6.Na/c1-2-3-4-5-6-7-8-9-10-12(18)14(20)16(22)15(21)13(19)11-17;/h13-17,19-22H,2-11H2,1H3;/t13-,14+,15-,16-;/m1./s1. The van der Waals surface area contributed by atoms with E-state index in [1.165, 1.54) is 25.7 Å². The number of carbonyl (C=O) groups is 1. The number of ketones is 1. The average molecular weight is 343 g/mol. The molecule has 0 aromatic rings. The van der Waals surface area contributed by atoms with E-state index in [2.05, 4.69) is 6.92 Å². The summed E-state index contributed by atoms with van der Waals surface area (Å²) in [5.41, 5.74) is 0. The van der Waals surface area contributed by atoms with E-state index >= 15 is 0 Å². The van der Waals surface area contributed by atoms with Crippen molar-refractivity contribution < 1.29 is 30.3 Å². The Kier molecular flexibility index (Phi) is 17.8. The van der Waals surface area contributed by atoms with Crippen molar-refractivity contribution in [3.63, 3.8) is 0 Å². The fourth-order valence-electron chi connectivity index (χ4n) is 2.29. The molecule has 0 saturated carbocycles. The van der Waals surface area contributed by atoms with E-state index in [0.29, 0.717) is 6.42 Å². The van der Waals surface area contributed by atoms with E-state index in [4.69, 9.17) is 5.11 Å². The van der Waals surface area contributed by atoms with Gasteiger partial charge in [-0.05, 0) is 6.42 Å². The van der Waals surface area contributed by atoms with Gasteiger partial charge in [0.1, 0.15) is 24.4 Å². The quantitative estimate of drug-likeness (QED) is 0.226. The molecule has 4 atom stereocenters. The van der Waals surface area contributed by atoms with E-state index in [0.717, 1.165) is 19.3 Å². The molecule has 0 saturated heterocycles. The number of Topliss-reactive ketones (excluding diaryl/α,β-unsaturated/α-hetero) is 1. The van der Waals surface area contributed by atoms with Crippen LogP contribution in [0.3, 0.4) is 0 Å². The fourth-order valence-corrected chi connectivity index (χ4v) is 2.29. The van der Waals surface area contributed by atoms with Crippen LogP contribution in [0.4, 0.5) is 0 Å². The summed E-state index contributed by atoms with van der Waals surface area (Å²) in [4.78, 5) is 11.7. The number of hydrogen-bond acceptors (Lipinski definition) is 6. The van der Waals surface area contributed by atoms with Gasteiger partial charge in [0.2, 0.25) is 0 Å². The first-order valence-corrected chi connectivity index (χ1v) is 8.31. The van der Waals surface area contributed by atoms with Gasteiger partial charge in [-0.1, -0.05) is 51.9 Å². The molecule has 0 rings (SSSR count). The third-order valence-corrected chi connectivity index (χ3v) is 3.86. The summed E-state index contributed by atoms with van der Waals surface area (Å²) in [5, 5.41) is 46.5. The molecular formula is C16H32NaO6. The van der Waals surface area contributed by atoms with Crippen molar-refractivity contribution in [2.24, 2.45) is 0 Å². The molecule has 0 fully saturated rings. The Morgan fingerprint density at radius 3 is 1.78 bits per heavy atom. The molecule has 0 aromatic carbocycles. The van der Waals surface area contributed by atoms with E-state index in [1.54, 1.807) is 0 Å². The van der Waals surface area contributed by atoms with E-state index < -0.39 is 36.8 Å². The summed E-state index contributed by atoms with van der Waals surface area (Å²) in [5.74, 6) is -0.553. The molecule has 5 N–H and O–H groups in total. The Balaban J connectivity index is 0. The molecular weight excluding hydrogens is 311 g/mol. The van der Waals surface area contributed by atoms with Gasteiger partial charge in [-0.15, -0.1) is 0 Å². The van der Waals surface area contributed by atoms with Crippen LogP contribution in [0.1, 0.15) is 64.7 Å². The molecule has 0 spiro atoms. The Labute approximate surface area is 161 Å². The maximum Gasteiger partial charge on any atom is 0.164 e. The molecule has 7 heteroatoms. The Morgan fingerprint density at radius 1 is 0.826 bits per heavy atom. The predicted molar refractivity (Wildman–Crippen MR) is 89.1 cm³/mol. The Bertz CT molecular complexity index is 290. The van der Waals surface area contributed by atoms with Crippen LogP contribution in [0.25, 0.3) is 0 Å². The van der Waals surface area contributed by atoms with Crippen LogP contribution >= 0.6 is 0 Å². The van der Waals surface area contributed by atoms with Gasteiger partial charge in [0.15, 0.2) is 5.78 Å². The molecule has 0 unspecified atom stereocenters. The normalized spacial score (nSPS) is 16.3. The first-order chi connectivity index (χ1) is 10.5. The second-order valence-electron chi connectivity index (χ2n) is 5.87. The minimum absolute atomic E-state index is 0. The van der Waals surface area contributed by atoms with Gasteiger partial charge in [0, 0.05) is 36.0 Å². The number of hydrogen-bond donors (Lipinski definition) is 5. The number of rotatable bonds is 14. The van der Waals surface area contributed by atoms with Crippen LogP contribution in [0.5, 0.6) is 0 Å². The van der Waals surface area contributed by atoms with Crippen molar-refractivity contribution in [2.45, 2.75) is 89.1 Å². The van der Waals surface area contributed by atoms with Crippen LogP contribution in [0, 0.1) is 0 Å². The second kappa shape index (κ2) is 16.0. The van der Waals surface area contributed by atoms with Crippen molar-refractivity contribution in [1.29, 1.82) is 0 Å². The molecule has 0 bridgehead atoms. The molecule has 0 aliphatic heterocycles. The number of aliphatic hydroxyl groups excluding tert-OH is 5. The second-order valence-corrected chi connectivity index (χ2v) is 5.87. The summed E-state index contributed by atoms with van der Waals surface area (Å²) in [6, 6.07) is 0. The third-order valence-electron chi connectivity index (χ3n) is 3.86. The van der Waals surface area contributed by atoms with E-state index in [-0.39, 0.29) is 36.0 Å². The molecule has 0 heterocycles. The van der Waals surface area contributed by atoms with E-state index in [9.17, 15) is 25.2 Å². The van der Waals surface area contributed by atoms with Gasteiger partial charge in [0.05, 0.1) is 6.61 Å². The Hall–Kier alpha value is 0.470. The summed E-state index contributed by atoms with van der Waals surface area (Å²) >= 11 is 0. The fraction of sp³-hybridized carbons (Fsp3) is 0.938. The van der Waals surface area contributed by atoms with Gasteiger partial charge in [-0.25, -0.2) is 0 Å². The van der Waals surface area contributed by atoms with Gasteiger partial charge >= 0.3 is 0 Å². The summed E-state index contributed by atoms with van der Waals surface area (Å²) < 4.78 is 0. The largest absolute Gasteiger partial charge is 0.394 e. The maximum absolute atomic E-state index is 11.7. The summed E-state index contributed by atoms with van der Waals surface area (Å²) in [6.45, 7) is 1.42. The average Bonchev–Trinajstić information content (AvgIpc) is 2.54. The van der Waals surface area contributed by atoms with Crippen molar-refractivity contribution in [1.82, 2.24) is 0 Å². The van der Waals surface area contributed by atoms with Gasteiger partial charge in [0.25, 0.3) is 0 Å². The predicted octanol–water partition coefficient (Wildman–Crippen LogP) is 0.141. The van der Waals surface area contributed by atoms with Crippen LogP contribution in [0.15, 0.2) is 0 Å². The van der Waals surface area contributed by atoms with Crippen molar-refractivity contribution in [3.8, 4) is 0 Å². The number of unbranched alkanes of at least 4 members (excludes halogenated alkanes) is 7. The minimum atomic E-state index is -1.79. The van der Waals surface area contributed by atoms with Crippen molar-refractivity contribution in [3.05, 3.63) is 0 Å². The number of carbonyl (C=O) groups excluding carboxylic acids is 1. The summed E-state index contributed by atoms with van der Waals surface area (Å²) in [6.07, 6.45) is 1.90.